The maximum absolute atomic E-state index is 13.3. The van der Waals surface area contributed by atoms with Crippen LogP contribution in [0.1, 0.15) is 50.3 Å². The number of methoxy groups -OCH3 is 1. The lowest BCUT2D eigenvalue weighted by Gasteiger charge is -2.22. The van der Waals surface area contributed by atoms with Crippen LogP contribution in [0.15, 0.2) is 47.4 Å². The van der Waals surface area contributed by atoms with E-state index in [-0.39, 0.29) is 43.5 Å². The third kappa shape index (κ3) is 13.7. The predicted molar refractivity (Wildman–Crippen MR) is 169 cm³/mol. The van der Waals surface area contributed by atoms with Crippen LogP contribution in [0.4, 0.5) is 9.59 Å². The molecule has 0 aliphatic carbocycles. The lowest BCUT2D eigenvalue weighted by molar-refractivity contribution is -0.142. The second kappa shape index (κ2) is 17.9. The summed E-state index contributed by atoms with van der Waals surface area (Å²) in [6, 6.07) is 10.9. The van der Waals surface area contributed by atoms with Crippen molar-refractivity contribution in [1.29, 1.82) is 0 Å². The number of alkyl carbamates (subject to hydrolysis) is 2. The summed E-state index contributed by atoms with van der Waals surface area (Å²) in [6.45, 7) is 8.56. The molecule has 2 rings (SSSR count). The Balaban J connectivity index is 1.81. The highest BCUT2D eigenvalue weighted by Crippen LogP contribution is 2.26. The second-order valence-electron chi connectivity index (χ2n) is 11.3. The summed E-state index contributed by atoms with van der Waals surface area (Å²) in [5.74, 6) is -0.704. The molecule has 14 nitrogen and oxygen atoms in total. The normalized spacial score (nSPS) is 12.0. The largest absolute Gasteiger partial charge is 0.494 e. The van der Waals surface area contributed by atoms with Crippen molar-refractivity contribution in [2.75, 3.05) is 33.4 Å². The minimum Gasteiger partial charge on any atom is -0.494 e. The van der Waals surface area contributed by atoms with E-state index in [9.17, 15) is 27.6 Å². The van der Waals surface area contributed by atoms with Gasteiger partial charge in [0.25, 0.3) is 0 Å². The van der Waals surface area contributed by atoms with E-state index in [1.807, 2.05) is 30.3 Å². The minimum atomic E-state index is -4.23. The van der Waals surface area contributed by atoms with Gasteiger partial charge in [0.15, 0.2) is 0 Å². The molecule has 2 aromatic rings. The van der Waals surface area contributed by atoms with Crippen LogP contribution in [0.5, 0.6) is 5.75 Å². The third-order valence-electron chi connectivity index (χ3n) is 6.08. The number of rotatable bonds is 16. The maximum Gasteiger partial charge on any atom is 0.407 e. The Morgan fingerprint density at radius 1 is 0.891 bits per heavy atom. The summed E-state index contributed by atoms with van der Waals surface area (Å²) in [4.78, 5) is 48.2. The van der Waals surface area contributed by atoms with Gasteiger partial charge in [0, 0.05) is 26.1 Å². The zero-order valence-electron chi connectivity index (χ0n) is 27.1. The highest BCUT2D eigenvalue weighted by Gasteiger charge is 2.30. The van der Waals surface area contributed by atoms with E-state index < -0.39 is 46.4 Å². The van der Waals surface area contributed by atoms with Crippen LogP contribution >= 0.6 is 0 Å². The molecule has 0 fully saturated rings. The summed E-state index contributed by atoms with van der Waals surface area (Å²) in [7, 11) is -3.13. The Hall–Kier alpha value is -4.37. The number of benzene rings is 2. The lowest BCUT2D eigenvalue weighted by atomic mass is 10.1. The summed E-state index contributed by atoms with van der Waals surface area (Å²) in [5, 5.41) is 7.64. The number of sulfonamides is 1. The lowest BCUT2D eigenvalue weighted by Crippen LogP contribution is -2.49. The van der Waals surface area contributed by atoms with Crippen LogP contribution < -0.4 is 25.4 Å². The highest BCUT2D eigenvalue weighted by atomic mass is 32.2. The maximum atomic E-state index is 13.3. The van der Waals surface area contributed by atoms with Gasteiger partial charge in [-0.3, -0.25) is 9.59 Å². The van der Waals surface area contributed by atoms with Crippen molar-refractivity contribution >= 4 is 34.1 Å². The van der Waals surface area contributed by atoms with Gasteiger partial charge < -0.3 is 34.9 Å². The number of hydrogen-bond donors (Lipinski definition) is 4. The Bertz CT molecular complexity index is 1420. The number of esters is 1. The molecule has 4 N–H and O–H groups in total. The van der Waals surface area contributed by atoms with Gasteiger partial charge in [0.05, 0.1) is 18.6 Å². The molecule has 46 heavy (non-hydrogen) atoms. The number of carbonyl (C=O) groups is 4. The SMILES string of the molecule is COC(=O)[C@@H](CNC(=O)OC(C)(C)C)NS(=O)(=O)c1c(C)cc(OCCCC(=O)NCCNC(=O)OCc2ccccc2)cc1C. The van der Waals surface area contributed by atoms with Gasteiger partial charge in [-0.05, 0) is 69.9 Å². The fourth-order valence-corrected chi connectivity index (χ4v) is 5.77. The van der Waals surface area contributed by atoms with Crippen molar-refractivity contribution in [2.45, 2.75) is 70.6 Å². The number of carbonyl (C=O) groups excluding carboxylic acids is 4. The zero-order valence-corrected chi connectivity index (χ0v) is 27.9. The number of amides is 3. The van der Waals surface area contributed by atoms with Gasteiger partial charge in [0.2, 0.25) is 15.9 Å². The Morgan fingerprint density at radius 2 is 1.52 bits per heavy atom. The van der Waals surface area contributed by atoms with E-state index in [2.05, 4.69) is 20.7 Å². The molecular formula is C31H44N4O10S. The summed E-state index contributed by atoms with van der Waals surface area (Å²) >= 11 is 0. The molecule has 1 atom stereocenters. The van der Waals surface area contributed by atoms with Crippen LogP contribution in [0, 0.1) is 13.8 Å². The molecule has 0 saturated heterocycles. The average Bonchev–Trinajstić information content (AvgIpc) is 2.97. The Kier molecular flexibility index (Phi) is 14.8. The predicted octanol–water partition coefficient (Wildman–Crippen LogP) is 2.85. The van der Waals surface area contributed by atoms with Gasteiger partial charge in [-0.25, -0.2) is 18.0 Å². The molecule has 0 aliphatic rings. The first-order valence-corrected chi connectivity index (χ1v) is 16.1. The molecule has 0 saturated carbocycles. The van der Waals surface area contributed by atoms with Crippen molar-refractivity contribution in [3.05, 3.63) is 59.2 Å². The molecule has 0 bridgehead atoms. The van der Waals surface area contributed by atoms with Gasteiger partial charge in [0.1, 0.15) is 24.0 Å². The Morgan fingerprint density at radius 3 is 2.13 bits per heavy atom. The first-order valence-electron chi connectivity index (χ1n) is 14.6. The van der Waals surface area contributed by atoms with Crippen LogP contribution in [-0.2, 0) is 40.4 Å². The Labute approximate surface area is 269 Å². The minimum absolute atomic E-state index is 0.0528. The van der Waals surface area contributed by atoms with E-state index in [0.717, 1.165) is 12.7 Å². The van der Waals surface area contributed by atoms with Gasteiger partial charge in [-0.2, -0.15) is 4.72 Å². The fraction of sp³-hybridized carbons (Fsp3) is 0.484. The molecule has 0 radical (unpaired) electrons. The topological polar surface area (TPSA) is 187 Å². The average molecular weight is 665 g/mol. The van der Waals surface area contributed by atoms with Crippen molar-refractivity contribution in [2.24, 2.45) is 0 Å². The summed E-state index contributed by atoms with van der Waals surface area (Å²) < 4.78 is 49.6. The molecule has 15 heteroatoms. The van der Waals surface area contributed by atoms with E-state index >= 15 is 0 Å². The van der Waals surface area contributed by atoms with Gasteiger partial charge >= 0.3 is 18.2 Å². The van der Waals surface area contributed by atoms with Crippen molar-refractivity contribution in [3.63, 3.8) is 0 Å². The van der Waals surface area contributed by atoms with E-state index in [4.69, 9.17) is 18.9 Å². The molecule has 0 heterocycles. The second-order valence-corrected chi connectivity index (χ2v) is 12.9. The first kappa shape index (κ1) is 37.8. The van der Waals surface area contributed by atoms with E-state index in [0.29, 0.717) is 23.3 Å². The molecule has 0 aromatic heterocycles. The van der Waals surface area contributed by atoms with Crippen molar-refractivity contribution in [1.82, 2.24) is 20.7 Å². The number of aryl methyl sites for hydroxylation is 2. The molecule has 0 unspecified atom stereocenters. The van der Waals surface area contributed by atoms with Gasteiger partial charge in [-0.15, -0.1) is 0 Å². The smallest absolute Gasteiger partial charge is 0.407 e. The number of ether oxygens (including phenoxy) is 4. The number of hydrogen-bond acceptors (Lipinski definition) is 10. The molecule has 0 aliphatic heterocycles. The first-order chi connectivity index (χ1) is 21.6. The summed E-state index contributed by atoms with van der Waals surface area (Å²) in [5.41, 5.74) is 0.804. The molecule has 0 spiro atoms. The zero-order chi connectivity index (χ0) is 34.3. The van der Waals surface area contributed by atoms with Crippen LogP contribution in [0.25, 0.3) is 0 Å². The van der Waals surface area contributed by atoms with Crippen LogP contribution in [0.3, 0.4) is 0 Å². The van der Waals surface area contributed by atoms with Crippen LogP contribution in [-0.4, -0.2) is 77.5 Å². The molecular weight excluding hydrogens is 620 g/mol. The standard InChI is InChI=1S/C31H44N4O10S/c1-21-17-24(43-16-10-13-26(36)32-14-15-33-29(38)44-20-23-11-8-7-9-12-23)18-22(2)27(21)46(40,41)35-25(28(37)42-6)19-34-30(39)45-31(3,4)5/h7-9,11-12,17-18,25,35H,10,13-16,19-20H2,1-6H3,(H,32,36)(H,33,38)(H,34,39)/t25-/m1/s1. The van der Waals surface area contributed by atoms with Gasteiger partial charge in [-0.1, -0.05) is 30.3 Å². The monoisotopic (exact) mass is 664 g/mol. The molecule has 3 amide bonds. The number of nitrogens with one attached hydrogen (secondary N) is 4. The fourth-order valence-electron chi connectivity index (χ4n) is 4.13. The van der Waals surface area contributed by atoms with Crippen LogP contribution in [0.2, 0.25) is 0 Å². The van der Waals surface area contributed by atoms with E-state index in [1.54, 1.807) is 34.6 Å². The quantitative estimate of drug-likeness (QED) is 0.118. The van der Waals surface area contributed by atoms with Crippen molar-refractivity contribution < 1.29 is 46.5 Å². The summed E-state index contributed by atoms with van der Waals surface area (Å²) in [6.07, 6.45) is -0.825. The van der Waals surface area contributed by atoms with E-state index in [1.165, 1.54) is 12.1 Å². The molecule has 254 valence electrons. The van der Waals surface area contributed by atoms with Crippen molar-refractivity contribution in [3.8, 4) is 5.75 Å². The highest BCUT2D eigenvalue weighted by molar-refractivity contribution is 7.89. The molecule has 2 aromatic carbocycles. The third-order valence-corrected chi connectivity index (χ3v) is 7.86.